The number of amides is 1. The van der Waals surface area contributed by atoms with Gasteiger partial charge >= 0.3 is 0 Å². The number of ether oxygens (including phenoxy) is 2. The van der Waals surface area contributed by atoms with Gasteiger partial charge in [0.25, 0.3) is 0 Å². The van der Waals surface area contributed by atoms with Gasteiger partial charge in [-0.25, -0.2) is 0 Å². The zero-order valence-corrected chi connectivity index (χ0v) is 13.9. The summed E-state index contributed by atoms with van der Waals surface area (Å²) in [7, 11) is 1.59. The Morgan fingerprint density at radius 2 is 2.00 bits per heavy atom. The lowest BCUT2D eigenvalue weighted by molar-refractivity contribution is -0.116. The quantitative estimate of drug-likeness (QED) is 0.856. The van der Waals surface area contributed by atoms with Crippen molar-refractivity contribution in [3.8, 4) is 11.5 Å². The van der Waals surface area contributed by atoms with Gasteiger partial charge in [-0.05, 0) is 25.1 Å². The normalized spacial score (nSPS) is 16.8. The van der Waals surface area contributed by atoms with Crippen LogP contribution in [0, 0.1) is 0 Å². The van der Waals surface area contributed by atoms with Crippen LogP contribution in [0.5, 0.6) is 11.5 Å². The van der Waals surface area contributed by atoms with Crippen LogP contribution in [0.1, 0.15) is 24.9 Å². The number of carbonyl (C=O) groups excluding carboxylic acids is 1. The van der Waals surface area contributed by atoms with Crippen LogP contribution in [0.25, 0.3) is 0 Å². The number of fused-ring (bicyclic) bond motifs is 1. The molecule has 0 unspecified atom stereocenters. The van der Waals surface area contributed by atoms with Crippen molar-refractivity contribution in [2.24, 2.45) is 0 Å². The van der Waals surface area contributed by atoms with Crippen LogP contribution in [0.4, 0.5) is 5.69 Å². The number of anilines is 1. The summed E-state index contributed by atoms with van der Waals surface area (Å²) in [6.45, 7) is 2.60. The van der Waals surface area contributed by atoms with E-state index in [4.69, 9.17) is 9.47 Å². The highest BCUT2D eigenvalue weighted by Crippen LogP contribution is 2.32. The van der Waals surface area contributed by atoms with E-state index in [1.54, 1.807) is 7.11 Å². The Labute approximate surface area is 142 Å². The van der Waals surface area contributed by atoms with E-state index in [1.165, 1.54) is 0 Å². The maximum atomic E-state index is 12.3. The third-order valence-electron chi connectivity index (χ3n) is 4.06. The molecule has 0 saturated carbocycles. The highest BCUT2D eigenvalue weighted by Gasteiger charge is 2.25. The van der Waals surface area contributed by atoms with Crippen LogP contribution in [0.3, 0.4) is 0 Å². The first-order valence-corrected chi connectivity index (χ1v) is 8.08. The molecule has 2 N–H and O–H groups in total. The molecule has 0 radical (unpaired) electrons. The second-order valence-corrected chi connectivity index (χ2v) is 5.92. The van der Waals surface area contributed by atoms with Crippen molar-refractivity contribution in [2.75, 3.05) is 19.0 Å². The molecule has 2 aromatic carbocycles. The molecule has 0 bridgehead atoms. The van der Waals surface area contributed by atoms with E-state index in [2.05, 4.69) is 16.7 Å². The summed E-state index contributed by atoms with van der Waals surface area (Å²) < 4.78 is 10.9. The molecule has 1 heterocycles. The number of methoxy groups -OCH3 is 1. The number of hydrogen-bond acceptors (Lipinski definition) is 4. The lowest BCUT2D eigenvalue weighted by Gasteiger charge is -2.19. The van der Waals surface area contributed by atoms with Crippen molar-refractivity contribution in [3.63, 3.8) is 0 Å². The summed E-state index contributed by atoms with van der Waals surface area (Å²) in [5.41, 5.74) is 1.83. The average molecular weight is 326 g/mol. The van der Waals surface area contributed by atoms with Crippen LogP contribution in [-0.4, -0.2) is 25.7 Å². The van der Waals surface area contributed by atoms with Crippen molar-refractivity contribution in [3.05, 3.63) is 54.1 Å². The Morgan fingerprint density at radius 3 is 2.83 bits per heavy atom. The van der Waals surface area contributed by atoms with Crippen LogP contribution in [0.2, 0.25) is 0 Å². The Balaban J connectivity index is 1.55. The molecule has 1 amide bonds. The van der Waals surface area contributed by atoms with Gasteiger partial charge in [0.15, 0.2) is 0 Å². The number of para-hydroxylation sites is 3. The largest absolute Gasteiger partial charge is 0.495 e. The molecule has 5 heteroatoms. The first-order chi connectivity index (χ1) is 11.7. The van der Waals surface area contributed by atoms with Crippen LogP contribution >= 0.6 is 0 Å². The van der Waals surface area contributed by atoms with Crippen LogP contribution < -0.4 is 20.1 Å². The summed E-state index contributed by atoms with van der Waals surface area (Å²) >= 11 is 0. The van der Waals surface area contributed by atoms with Crippen molar-refractivity contribution in [1.82, 2.24) is 5.32 Å². The first-order valence-electron chi connectivity index (χ1n) is 8.08. The number of hydrogen-bond donors (Lipinski definition) is 2. The minimum atomic E-state index is -0.0494. The third-order valence-corrected chi connectivity index (χ3v) is 4.06. The summed E-state index contributed by atoms with van der Waals surface area (Å²) in [4.78, 5) is 12.3. The van der Waals surface area contributed by atoms with Gasteiger partial charge in [-0.3, -0.25) is 4.79 Å². The average Bonchev–Trinajstić information content (AvgIpc) is 2.98. The summed E-state index contributed by atoms with van der Waals surface area (Å²) in [6.07, 6.45) is 0.372. The summed E-state index contributed by atoms with van der Waals surface area (Å²) in [5, 5.41) is 6.36. The highest BCUT2D eigenvalue weighted by atomic mass is 16.5. The second-order valence-electron chi connectivity index (χ2n) is 5.92. The topological polar surface area (TPSA) is 59.6 Å². The SMILES string of the molecule is COc1ccccc1NC(=O)C[C@H](C)N[C@H]1COc2ccccc21. The fourth-order valence-electron chi connectivity index (χ4n) is 2.93. The highest BCUT2D eigenvalue weighted by molar-refractivity contribution is 5.92. The maximum absolute atomic E-state index is 12.3. The Kier molecular flexibility index (Phi) is 5.01. The lowest BCUT2D eigenvalue weighted by atomic mass is 10.1. The molecule has 2 aromatic rings. The summed E-state index contributed by atoms with van der Waals surface area (Å²) in [5.74, 6) is 1.52. The molecule has 1 aliphatic heterocycles. The Bertz CT molecular complexity index is 717. The number of benzene rings is 2. The van der Waals surface area contributed by atoms with E-state index in [0.29, 0.717) is 24.5 Å². The molecule has 1 aliphatic rings. The fraction of sp³-hybridized carbons (Fsp3) is 0.316. The third kappa shape index (κ3) is 3.68. The maximum Gasteiger partial charge on any atom is 0.226 e. The van der Waals surface area contributed by atoms with Crippen molar-refractivity contribution >= 4 is 11.6 Å². The number of nitrogens with one attached hydrogen (secondary N) is 2. The van der Waals surface area contributed by atoms with E-state index in [9.17, 15) is 4.79 Å². The van der Waals surface area contributed by atoms with E-state index in [0.717, 1.165) is 11.3 Å². The molecule has 5 nitrogen and oxygen atoms in total. The van der Waals surface area contributed by atoms with Gasteiger partial charge in [-0.1, -0.05) is 30.3 Å². The van der Waals surface area contributed by atoms with Crippen LogP contribution in [0.15, 0.2) is 48.5 Å². The molecule has 0 aromatic heterocycles. The van der Waals surface area contributed by atoms with Crippen molar-refractivity contribution in [1.29, 1.82) is 0 Å². The molecule has 0 fully saturated rings. The molecular formula is C19H22N2O3. The van der Waals surface area contributed by atoms with Crippen molar-refractivity contribution < 1.29 is 14.3 Å². The lowest BCUT2D eigenvalue weighted by Crippen LogP contribution is -2.34. The van der Waals surface area contributed by atoms with Gasteiger partial charge in [0, 0.05) is 18.0 Å². The fourth-order valence-corrected chi connectivity index (χ4v) is 2.93. The Hall–Kier alpha value is -2.53. The molecule has 2 atom stereocenters. The zero-order chi connectivity index (χ0) is 16.9. The van der Waals surface area contributed by atoms with E-state index < -0.39 is 0 Å². The molecular weight excluding hydrogens is 304 g/mol. The minimum absolute atomic E-state index is 0.0273. The van der Waals surface area contributed by atoms with Crippen molar-refractivity contribution in [2.45, 2.75) is 25.4 Å². The standard InChI is InChI=1S/C19H22N2O3/c1-13(20-16-12-24-17-9-5-3-7-14(16)17)11-19(22)21-15-8-4-6-10-18(15)23-2/h3-10,13,16,20H,11-12H2,1-2H3,(H,21,22)/t13-,16-/m0/s1. The van der Waals surface area contributed by atoms with Gasteiger partial charge in [-0.2, -0.15) is 0 Å². The van der Waals surface area contributed by atoms with Gasteiger partial charge in [0.05, 0.1) is 18.8 Å². The second kappa shape index (κ2) is 7.36. The molecule has 3 rings (SSSR count). The predicted molar refractivity (Wildman–Crippen MR) is 93.5 cm³/mol. The van der Waals surface area contributed by atoms with Gasteiger partial charge in [0.2, 0.25) is 5.91 Å². The molecule has 24 heavy (non-hydrogen) atoms. The zero-order valence-electron chi connectivity index (χ0n) is 13.9. The molecule has 0 saturated heterocycles. The van der Waals surface area contributed by atoms with E-state index in [-0.39, 0.29) is 18.0 Å². The summed E-state index contributed by atoms with van der Waals surface area (Å²) in [6, 6.07) is 15.5. The van der Waals surface area contributed by atoms with E-state index in [1.807, 2.05) is 49.4 Å². The smallest absolute Gasteiger partial charge is 0.226 e. The van der Waals surface area contributed by atoms with Gasteiger partial charge in [-0.15, -0.1) is 0 Å². The molecule has 0 spiro atoms. The van der Waals surface area contributed by atoms with E-state index >= 15 is 0 Å². The first kappa shape index (κ1) is 16.3. The minimum Gasteiger partial charge on any atom is -0.495 e. The molecule has 0 aliphatic carbocycles. The van der Waals surface area contributed by atoms with Crippen LogP contribution in [-0.2, 0) is 4.79 Å². The monoisotopic (exact) mass is 326 g/mol. The van der Waals surface area contributed by atoms with Gasteiger partial charge < -0.3 is 20.1 Å². The number of rotatable bonds is 6. The predicted octanol–water partition coefficient (Wildman–Crippen LogP) is 3.14. The number of carbonyl (C=O) groups is 1. The van der Waals surface area contributed by atoms with Gasteiger partial charge in [0.1, 0.15) is 18.1 Å². The molecule has 126 valence electrons. The Morgan fingerprint density at radius 1 is 1.25 bits per heavy atom.